The van der Waals surface area contributed by atoms with Gasteiger partial charge in [0.1, 0.15) is 5.75 Å². The maximum atomic E-state index is 13.4. The zero-order valence-corrected chi connectivity index (χ0v) is 19.1. The minimum Gasteiger partial charge on any atom is -0.496 e. The van der Waals surface area contributed by atoms with Crippen molar-refractivity contribution in [1.82, 2.24) is 9.62 Å². The van der Waals surface area contributed by atoms with E-state index in [4.69, 9.17) is 9.47 Å². The number of carbonyl (C=O) groups is 1. The second-order valence-electron chi connectivity index (χ2n) is 7.64. The van der Waals surface area contributed by atoms with Crippen molar-refractivity contribution in [3.8, 4) is 5.75 Å². The van der Waals surface area contributed by atoms with Crippen LogP contribution in [-0.2, 0) is 14.8 Å². The Bertz CT molecular complexity index is 1150. The molecule has 172 valence electrons. The first kappa shape index (κ1) is 23.0. The number of sulfonamides is 1. The number of ether oxygens (including phenoxy) is 2. The molecule has 3 aromatic rings. The van der Waals surface area contributed by atoms with Gasteiger partial charge < -0.3 is 14.4 Å². The van der Waals surface area contributed by atoms with Crippen molar-refractivity contribution in [1.29, 1.82) is 0 Å². The number of benzene rings is 3. The fourth-order valence-electron chi connectivity index (χ4n) is 3.80. The third kappa shape index (κ3) is 5.24. The first-order valence-corrected chi connectivity index (χ1v) is 12.2. The molecule has 0 atom stereocenters. The van der Waals surface area contributed by atoms with Crippen LogP contribution in [0, 0.1) is 0 Å². The molecule has 4 rings (SSSR count). The first-order valence-electron chi connectivity index (χ1n) is 10.7. The lowest BCUT2D eigenvalue weighted by atomic mass is 10.00. The molecule has 0 radical (unpaired) electrons. The summed E-state index contributed by atoms with van der Waals surface area (Å²) in [6.45, 7) is 1.79. The summed E-state index contributed by atoms with van der Waals surface area (Å²) in [5, 5.41) is 0. The van der Waals surface area contributed by atoms with Crippen molar-refractivity contribution in [3.05, 3.63) is 95.6 Å². The summed E-state index contributed by atoms with van der Waals surface area (Å²) < 4.78 is 40.4. The quantitative estimate of drug-likeness (QED) is 0.578. The van der Waals surface area contributed by atoms with Crippen LogP contribution in [-0.4, -0.2) is 52.6 Å². The van der Waals surface area contributed by atoms with Gasteiger partial charge in [-0.25, -0.2) is 8.42 Å². The van der Waals surface area contributed by atoms with Gasteiger partial charge in [0.05, 0.1) is 36.8 Å². The molecular weight excluding hydrogens is 440 g/mol. The van der Waals surface area contributed by atoms with E-state index in [0.29, 0.717) is 32.1 Å². The van der Waals surface area contributed by atoms with Crippen LogP contribution < -0.4 is 9.46 Å². The molecule has 0 unspecified atom stereocenters. The summed E-state index contributed by atoms with van der Waals surface area (Å²) in [6, 6.07) is 22.5. The minimum atomic E-state index is -3.97. The average Bonchev–Trinajstić information content (AvgIpc) is 2.88. The molecule has 33 heavy (non-hydrogen) atoms. The lowest BCUT2D eigenvalue weighted by Gasteiger charge is -2.27. The molecule has 8 heteroatoms. The van der Waals surface area contributed by atoms with Crippen LogP contribution in [0.5, 0.6) is 5.75 Å². The van der Waals surface area contributed by atoms with Gasteiger partial charge >= 0.3 is 0 Å². The van der Waals surface area contributed by atoms with Gasteiger partial charge in [-0.15, -0.1) is 0 Å². The molecule has 1 amide bonds. The average molecular weight is 467 g/mol. The van der Waals surface area contributed by atoms with Gasteiger partial charge in [0.15, 0.2) is 0 Å². The van der Waals surface area contributed by atoms with Crippen molar-refractivity contribution in [2.45, 2.75) is 10.9 Å². The molecule has 0 saturated carbocycles. The van der Waals surface area contributed by atoms with Gasteiger partial charge in [-0.2, -0.15) is 4.72 Å². The third-order valence-electron chi connectivity index (χ3n) is 5.55. The molecule has 1 aliphatic rings. The van der Waals surface area contributed by atoms with Crippen molar-refractivity contribution in [3.63, 3.8) is 0 Å². The van der Waals surface area contributed by atoms with Crippen LogP contribution >= 0.6 is 0 Å². The Hall–Kier alpha value is -3.20. The highest BCUT2D eigenvalue weighted by molar-refractivity contribution is 7.89. The molecule has 3 aromatic carbocycles. The van der Waals surface area contributed by atoms with Gasteiger partial charge in [0.2, 0.25) is 10.0 Å². The molecule has 0 aliphatic carbocycles. The summed E-state index contributed by atoms with van der Waals surface area (Å²) in [5.74, 6) is 0.0444. The Kier molecular flexibility index (Phi) is 7.08. The molecular formula is C25H26N2O5S. The van der Waals surface area contributed by atoms with Crippen LogP contribution in [0.3, 0.4) is 0 Å². The SMILES string of the molecule is COc1ccc(S(=O)(=O)NC(c2ccccc2)c2ccccc2)cc1C(=O)N1CCOCC1. The predicted molar refractivity (Wildman–Crippen MR) is 125 cm³/mol. The third-order valence-corrected chi connectivity index (χ3v) is 6.97. The fraction of sp³-hybridized carbons (Fsp3) is 0.240. The summed E-state index contributed by atoms with van der Waals surface area (Å²) in [7, 11) is -2.51. The van der Waals surface area contributed by atoms with E-state index in [-0.39, 0.29) is 16.4 Å². The highest BCUT2D eigenvalue weighted by Gasteiger charge is 2.27. The standard InChI is InChI=1S/C25H26N2O5S/c1-31-23-13-12-21(18-22(23)25(28)27-14-16-32-17-15-27)33(29,30)26-24(19-8-4-2-5-9-19)20-10-6-3-7-11-20/h2-13,18,24,26H,14-17H2,1H3. The molecule has 1 heterocycles. The van der Waals surface area contributed by atoms with Gasteiger partial charge in [0.25, 0.3) is 5.91 Å². The van der Waals surface area contributed by atoms with E-state index in [1.165, 1.54) is 25.3 Å². The van der Waals surface area contributed by atoms with E-state index < -0.39 is 16.1 Å². The lowest BCUT2D eigenvalue weighted by Crippen LogP contribution is -2.41. The van der Waals surface area contributed by atoms with E-state index >= 15 is 0 Å². The Morgan fingerprint density at radius 1 is 0.939 bits per heavy atom. The molecule has 1 aliphatic heterocycles. The number of nitrogens with one attached hydrogen (secondary N) is 1. The molecule has 1 saturated heterocycles. The smallest absolute Gasteiger partial charge is 0.257 e. The predicted octanol–water partition coefficient (Wildman–Crippen LogP) is 3.24. The van der Waals surface area contributed by atoms with Crippen molar-refractivity contribution in [2.75, 3.05) is 33.4 Å². The topological polar surface area (TPSA) is 84.9 Å². The lowest BCUT2D eigenvalue weighted by molar-refractivity contribution is 0.0300. The van der Waals surface area contributed by atoms with E-state index in [2.05, 4.69) is 4.72 Å². The number of methoxy groups -OCH3 is 1. The number of hydrogen-bond donors (Lipinski definition) is 1. The number of hydrogen-bond acceptors (Lipinski definition) is 5. The largest absolute Gasteiger partial charge is 0.496 e. The summed E-state index contributed by atoms with van der Waals surface area (Å²) >= 11 is 0. The van der Waals surface area contributed by atoms with E-state index in [1.54, 1.807) is 4.90 Å². The van der Waals surface area contributed by atoms with Crippen LogP contribution in [0.4, 0.5) is 0 Å². The molecule has 1 fully saturated rings. The van der Waals surface area contributed by atoms with Crippen LogP contribution in [0.15, 0.2) is 83.8 Å². The molecule has 7 nitrogen and oxygen atoms in total. The van der Waals surface area contributed by atoms with Gasteiger partial charge in [-0.3, -0.25) is 4.79 Å². The van der Waals surface area contributed by atoms with Crippen LogP contribution in [0.2, 0.25) is 0 Å². The van der Waals surface area contributed by atoms with Crippen molar-refractivity contribution < 1.29 is 22.7 Å². The van der Waals surface area contributed by atoms with E-state index in [9.17, 15) is 13.2 Å². The van der Waals surface area contributed by atoms with Crippen molar-refractivity contribution in [2.24, 2.45) is 0 Å². The first-order chi connectivity index (χ1) is 16.0. The summed E-state index contributed by atoms with van der Waals surface area (Å²) in [4.78, 5) is 14.7. The van der Waals surface area contributed by atoms with Gasteiger partial charge in [-0.05, 0) is 29.3 Å². The Morgan fingerprint density at radius 2 is 1.52 bits per heavy atom. The number of nitrogens with zero attached hydrogens (tertiary/aromatic N) is 1. The maximum absolute atomic E-state index is 13.4. The Morgan fingerprint density at radius 3 is 2.06 bits per heavy atom. The van der Waals surface area contributed by atoms with Gasteiger partial charge in [-0.1, -0.05) is 60.7 Å². The van der Waals surface area contributed by atoms with Gasteiger partial charge in [0, 0.05) is 13.1 Å². The highest BCUT2D eigenvalue weighted by atomic mass is 32.2. The van der Waals surface area contributed by atoms with E-state index in [0.717, 1.165) is 11.1 Å². The Balaban J connectivity index is 1.69. The number of carbonyl (C=O) groups excluding carboxylic acids is 1. The highest BCUT2D eigenvalue weighted by Crippen LogP contribution is 2.28. The fourth-order valence-corrected chi connectivity index (χ4v) is 5.04. The molecule has 0 spiro atoms. The Labute approximate surface area is 194 Å². The van der Waals surface area contributed by atoms with Crippen molar-refractivity contribution >= 4 is 15.9 Å². The zero-order chi connectivity index (χ0) is 23.3. The minimum absolute atomic E-state index is 0.00299. The molecule has 0 aromatic heterocycles. The van der Waals surface area contributed by atoms with Crippen LogP contribution in [0.1, 0.15) is 27.5 Å². The normalized spacial score (nSPS) is 14.3. The number of amides is 1. The molecule has 1 N–H and O–H groups in total. The summed E-state index contributed by atoms with van der Waals surface area (Å²) in [6.07, 6.45) is 0. The second-order valence-corrected chi connectivity index (χ2v) is 9.36. The molecule has 0 bridgehead atoms. The van der Waals surface area contributed by atoms with E-state index in [1.807, 2.05) is 60.7 Å². The zero-order valence-electron chi connectivity index (χ0n) is 18.3. The number of rotatable bonds is 7. The maximum Gasteiger partial charge on any atom is 0.257 e. The summed E-state index contributed by atoms with van der Waals surface area (Å²) in [5.41, 5.74) is 1.83. The monoisotopic (exact) mass is 466 g/mol. The van der Waals surface area contributed by atoms with Crippen LogP contribution in [0.25, 0.3) is 0 Å². The number of morpholine rings is 1. The second kappa shape index (κ2) is 10.2.